The number of aromatic nitrogens is 2. The van der Waals surface area contributed by atoms with Crippen molar-refractivity contribution in [3.8, 4) is 0 Å². The number of hydrogen-bond acceptors (Lipinski definition) is 4. The van der Waals surface area contributed by atoms with Gasteiger partial charge in [-0.2, -0.15) is 0 Å². The number of carbonyl (C=O) groups is 2. The second-order valence-electron chi connectivity index (χ2n) is 7.76. The molecule has 1 aliphatic rings. The summed E-state index contributed by atoms with van der Waals surface area (Å²) in [6.45, 7) is 1.88. The average Bonchev–Trinajstić information content (AvgIpc) is 3.33. The van der Waals surface area contributed by atoms with Crippen molar-refractivity contribution in [3.05, 3.63) is 53.7 Å². The van der Waals surface area contributed by atoms with Crippen LogP contribution in [0.25, 0.3) is 11.0 Å². The molecule has 0 aliphatic heterocycles. The van der Waals surface area contributed by atoms with Gasteiger partial charge in [0.05, 0.1) is 23.7 Å². The molecule has 3 aromatic rings. The maximum atomic E-state index is 12.3. The Morgan fingerprint density at radius 3 is 2.83 bits per heavy atom. The Bertz CT molecular complexity index is 1020. The Morgan fingerprint density at radius 2 is 2.10 bits per heavy atom. The second kappa shape index (κ2) is 8.11. The minimum atomic E-state index is -1.07. The van der Waals surface area contributed by atoms with Gasteiger partial charge >= 0.3 is 5.97 Å². The highest BCUT2D eigenvalue weighted by molar-refractivity contribution is 5.98. The van der Waals surface area contributed by atoms with Gasteiger partial charge < -0.3 is 19.4 Å². The number of fused-ring (bicyclic) bond motifs is 1. The topological polar surface area (TPSA) is 97.4 Å². The first-order chi connectivity index (χ1) is 14.0. The molecule has 0 spiro atoms. The standard InChI is InChI=1S/C22H25N3O4/c1-14-5-2-3-7-18(14)25-19-9-8-15(22(28)23-13-21(26)27)11-17(19)24-20(25)12-16-6-4-10-29-16/h4,6,8-11,14,18H,2-3,5,7,12-13H2,1H3,(H,23,28)(H,26,27). The molecule has 0 saturated heterocycles. The van der Waals surface area contributed by atoms with Gasteiger partial charge in [0.2, 0.25) is 0 Å². The first-order valence-corrected chi connectivity index (χ1v) is 10.1. The number of carboxylic acid groups (broad SMARTS) is 1. The van der Waals surface area contributed by atoms with Gasteiger partial charge in [-0.3, -0.25) is 9.59 Å². The van der Waals surface area contributed by atoms with Crippen molar-refractivity contribution < 1.29 is 19.1 Å². The molecule has 2 N–H and O–H groups in total. The fraction of sp³-hybridized carbons (Fsp3) is 0.409. The molecule has 29 heavy (non-hydrogen) atoms. The summed E-state index contributed by atoms with van der Waals surface area (Å²) in [6.07, 6.45) is 7.01. The highest BCUT2D eigenvalue weighted by Gasteiger charge is 2.27. The molecular weight excluding hydrogens is 370 g/mol. The molecule has 152 valence electrons. The monoisotopic (exact) mass is 395 g/mol. The summed E-state index contributed by atoms with van der Waals surface area (Å²) in [6, 6.07) is 9.58. The van der Waals surface area contributed by atoms with E-state index < -0.39 is 18.4 Å². The molecule has 7 heteroatoms. The molecule has 1 aromatic carbocycles. The van der Waals surface area contributed by atoms with Gasteiger partial charge in [0.1, 0.15) is 18.1 Å². The molecule has 2 atom stereocenters. The van der Waals surface area contributed by atoms with Crippen molar-refractivity contribution in [2.45, 2.75) is 45.1 Å². The first kappa shape index (κ1) is 19.2. The third kappa shape index (κ3) is 4.04. The number of nitrogens with zero attached hydrogens (tertiary/aromatic N) is 2. The fourth-order valence-electron chi connectivity index (χ4n) is 4.29. The van der Waals surface area contributed by atoms with Crippen LogP contribution in [-0.2, 0) is 11.2 Å². The molecule has 4 rings (SSSR count). The molecule has 0 radical (unpaired) electrons. The third-order valence-electron chi connectivity index (χ3n) is 5.74. The van der Waals surface area contributed by atoms with E-state index in [1.54, 1.807) is 18.4 Å². The van der Waals surface area contributed by atoms with Crippen LogP contribution >= 0.6 is 0 Å². The van der Waals surface area contributed by atoms with Gasteiger partial charge in [0, 0.05) is 11.6 Å². The highest BCUT2D eigenvalue weighted by atomic mass is 16.4. The number of hydrogen-bond donors (Lipinski definition) is 2. The number of furan rings is 1. The Morgan fingerprint density at radius 1 is 1.28 bits per heavy atom. The quantitative estimate of drug-likeness (QED) is 0.662. The SMILES string of the molecule is CC1CCCCC1n1c(Cc2ccco2)nc2cc(C(=O)NCC(=O)O)ccc21. The number of imidazole rings is 1. The Labute approximate surface area is 168 Å². The number of carbonyl (C=O) groups excluding carboxylic acids is 1. The van der Waals surface area contributed by atoms with E-state index in [-0.39, 0.29) is 0 Å². The lowest BCUT2D eigenvalue weighted by Crippen LogP contribution is -2.29. The summed E-state index contributed by atoms with van der Waals surface area (Å²) in [5, 5.41) is 11.2. The zero-order valence-electron chi connectivity index (χ0n) is 16.4. The van der Waals surface area contributed by atoms with Gasteiger partial charge in [-0.15, -0.1) is 0 Å². The van der Waals surface area contributed by atoms with Crippen molar-refractivity contribution in [2.24, 2.45) is 5.92 Å². The van der Waals surface area contributed by atoms with Crippen molar-refractivity contribution in [1.82, 2.24) is 14.9 Å². The Hall–Kier alpha value is -3.09. The molecule has 2 heterocycles. The Kier molecular flexibility index (Phi) is 5.38. The third-order valence-corrected chi connectivity index (χ3v) is 5.74. The van der Waals surface area contributed by atoms with Crippen LogP contribution < -0.4 is 5.32 Å². The van der Waals surface area contributed by atoms with Gasteiger partial charge in [-0.05, 0) is 49.1 Å². The van der Waals surface area contributed by atoms with E-state index in [4.69, 9.17) is 14.5 Å². The van der Waals surface area contributed by atoms with Crippen LogP contribution in [0, 0.1) is 5.92 Å². The summed E-state index contributed by atoms with van der Waals surface area (Å²) in [4.78, 5) is 27.8. The van der Waals surface area contributed by atoms with E-state index in [0.29, 0.717) is 23.9 Å². The molecular formula is C22H25N3O4. The van der Waals surface area contributed by atoms with Crippen molar-refractivity contribution in [1.29, 1.82) is 0 Å². The molecule has 1 aliphatic carbocycles. The van der Waals surface area contributed by atoms with E-state index in [9.17, 15) is 9.59 Å². The van der Waals surface area contributed by atoms with Crippen LogP contribution in [0.2, 0.25) is 0 Å². The molecule has 0 bridgehead atoms. The molecule has 1 fully saturated rings. The smallest absolute Gasteiger partial charge is 0.322 e. The highest BCUT2D eigenvalue weighted by Crippen LogP contribution is 2.37. The van der Waals surface area contributed by atoms with Crippen molar-refractivity contribution in [2.75, 3.05) is 6.54 Å². The molecule has 1 saturated carbocycles. The minimum Gasteiger partial charge on any atom is -0.480 e. The van der Waals surface area contributed by atoms with Gasteiger partial charge in [-0.1, -0.05) is 19.8 Å². The van der Waals surface area contributed by atoms with Crippen LogP contribution in [0.5, 0.6) is 0 Å². The van der Waals surface area contributed by atoms with Crippen LogP contribution in [-0.4, -0.2) is 33.1 Å². The van der Waals surface area contributed by atoms with Crippen molar-refractivity contribution >= 4 is 22.9 Å². The summed E-state index contributed by atoms with van der Waals surface area (Å²) in [5.41, 5.74) is 2.15. The lowest BCUT2D eigenvalue weighted by atomic mass is 9.85. The summed E-state index contributed by atoms with van der Waals surface area (Å²) in [7, 11) is 0. The number of aliphatic carboxylic acids is 1. The predicted octanol–water partition coefficient (Wildman–Crippen LogP) is 3.79. The average molecular weight is 395 g/mol. The summed E-state index contributed by atoms with van der Waals surface area (Å²) in [5.74, 6) is 0.842. The number of carboxylic acids is 1. The lowest BCUT2D eigenvalue weighted by molar-refractivity contribution is -0.135. The Balaban J connectivity index is 1.73. The van der Waals surface area contributed by atoms with Crippen molar-refractivity contribution in [3.63, 3.8) is 0 Å². The summed E-state index contributed by atoms with van der Waals surface area (Å²) < 4.78 is 7.87. The van der Waals surface area contributed by atoms with Crippen LogP contribution in [0.15, 0.2) is 41.0 Å². The number of amides is 1. The number of benzene rings is 1. The normalized spacial score (nSPS) is 19.3. The van der Waals surface area contributed by atoms with E-state index in [1.807, 2.05) is 18.2 Å². The summed E-state index contributed by atoms with van der Waals surface area (Å²) >= 11 is 0. The van der Waals surface area contributed by atoms with E-state index >= 15 is 0 Å². The first-order valence-electron chi connectivity index (χ1n) is 10.1. The molecule has 2 aromatic heterocycles. The maximum Gasteiger partial charge on any atom is 0.322 e. The lowest BCUT2D eigenvalue weighted by Gasteiger charge is -2.31. The second-order valence-corrected chi connectivity index (χ2v) is 7.76. The van der Waals surface area contributed by atoms with E-state index in [0.717, 1.165) is 29.0 Å². The van der Waals surface area contributed by atoms with Gasteiger partial charge in [0.15, 0.2) is 0 Å². The zero-order valence-corrected chi connectivity index (χ0v) is 16.4. The molecule has 2 unspecified atom stereocenters. The minimum absolute atomic E-state index is 0.366. The van der Waals surface area contributed by atoms with E-state index in [2.05, 4.69) is 16.8 Å². The van der Waals surface area contributed by atoms with Gasteiger partial charge in [0.25, 0.3) is 5.91 Å². The van der Waals surface area contributed by atoms with E-state index in [1.165, 1.54) is 19.3 Å². The maximum absolute atomic E-state index is 12.3. The zero-order chi connectivity index (χ0) is 20.4. The number of rotatable bonds is 6. The van der Waals surface area contributed by atoms with Crippen LogP contribution in [0.1, 0.15) is 60.6 Å². The largest absolute Gasteiger partial charge is 0.480 e. The van der Waals surface area contributed by atoms with Crippen LogP contribution in [0.4, 0.5) is 0 Å². The molecule has 7 nitrogen and oxygen atoms in total. The number of nitrogens with one attached hydrogen (secondary N) is 1. The van der Waals surface area contributed by atoms with Gasteiger partial charge in [-0.25, -0.2) is 4.98 Å². The predicted molar refractivity (Wildman–Crippen MR) is 108 cm³/mol. The molecule has 1 amide bonds. The van der Waals surface area contributed by atoms with Crippen LogP contribution in [0.3, 0.4) is 0 Å². The fourth-order valence-corrected chi connectivity index (χ4v) is 4.29.